The van der Waals surface area contributed by atoms with Gasteiger partial charge in [-0.25, -0.2) is 4.39 Å². The van der Waals surface area contributed by atoms with Crippen molar-refractivity contribution in [2.24, 2.45) is 5.16 Å². The molecule has 0 radical (unpaired) electrons. The molecule has 0 unspecified atom stereocenters. The van der Waals surface area contributed by atoms with Crippen molar-refractivity contribution in [3.05, 3.63) is 70.5 Å². The van der Waals surface area contributed by atoms with E-state index in [9.17, 15) is 9.50 Å². The molecule has 4 rings (SSSR count). The molecule has 35 heavy (non-hydrogen) atoms. The lowest BCUT2D eigenvalue weighted by Crippen LogP contribution is -2.42. The molecule has 5 nitrogen and oxygen atoms in total. The number of hydrogen-bond donors (Lipinski definition) is 1. The third-order valence-corrected chi connectivity index (χ3v) is 7.50. The molecule has 0 atom stereocenters. The van der Waals surface area contributed by atoms with Crippen LogP contribution in [0.4, 0.5) is 4.39 Å². The molecular formula is C28H37ClFN3O2. The maximum Gasteiger partial charge on any atom is 0.129 e. The van der Waals surface area contributed by atoms with Crippen molar-refractivity contribution >= 4 is 17.3 Å². The fourth-order valence-electron chi connectivity index (χ4n) is 5.03. The third kappa shape index (κ3) is 7.74. The monoisotopic (exact) mass is 501 g/mol. The van der Waals surface area contributed by atoms with Crippen molar-refractivity contribution in [2.75, 3.05) is 45.9 Å². The largest absolute Gasteiger partial charge is 0.394 e. The molecule has 2 aliphatic heterocycles. The van der Waals surface area contributed by atoms with Crippen molar-refractivity contribution in [3.63, 3.8) is 0 Å². The lowest BCUT2D eigenvalue weighted by atomic mass is 9.84. The Morgan fingerprint density at radius 3 is 2.26 bits per heavy atom. The number of likely N-dealkylation sites (tertiary alicyclic amines) is 2. The second-order valence-electron chi connectivity index (χ2n) is 9.76. The molecule has 1 N–H and O–H groups in total. The summed E-state index contributed by atoms with van der Waals surface area (Å²) in [7, 11) is 0. The van der Waals surface area contributed by atoms with Crippen LogP contribution in [0.15, 0.2) is 53.7 Å². The van der Waals surface area contributed by atoms with E-state index in [0.717, 1.165) is 68.9 Å². The van der Waals surface area contributed by atoms with Gasteiger partial charge >= 0.3 is 0 Å². The Hall–Kier alpha value is -1.99. The highest BCUT2D eigenvalue weighted by molar-refractivity contribution is 6.30. The van der Waals surface area contributed by atoms with Crippen LogP contribution in [-0.4, -0.2) is 66.5 Å². The zero-order valence-corrected chi connectivity index (χ0v) is 21.2. The Morgan fingerprint density at radius 2 is 1.57 bits per heavy atom. The maximum atomic E-state index is 13.5. The molecule has 190 valence electrons. The number of benzene rings is 2. The van der Waals surface area contributed by atoms with Crippen LogP contribution in [0.2, 0.25) is 5.02 Å². The fourth-order valence-corrected chi connectivity index (χ4v) is 5.15. The minimum absolute atomic E-state index is 0.249. The standard InChI is InChI=1S/C28H37ClFN3O2/c29-25-10-8-24(9-11-25)28(34)14-19-33(20-15-28)18-4-5-27(23-6-12-26(30)13-7-23)31-35-22-21-32-16-2-1-3-17-32/h6-13,34H,1-5,14-22H2/b31-27+. The lowest BCUT2D eigenvalue weighted by molar-refractivity contribution is -0.0259. The molecule has 2 heterocycles. The van der Waals surface area contributed by atoms with E-state index in [1.54, 1.807) is 12.1 Å². The van der Waals surface area contributed by atoms with Gasteiger partial charge in [0.05, 0.1) is 11.3 Å². The molecule has 0 aliphatic carbocycles. The first-order chi connectivity index (χ1) is 17.0. The number of halogens is 2. The molecule has 0 bridgehead atoms. The van der Waals surface area contributed by atoms with Gasteiger partial charge in [0.25, 0.3) is 0 Å². The molecule has 0 saturated carbocycles. The first-order valence-corrected chi connectivity index (χ1v) is 13.3. The summed E-state index contributed by atoms with van der Waals surface area (Å²) in [5.74, 6) is -0.249. The van der Waals surface area contributed by atoms with Crippen LogP contribution in [-0.2, 0) is 10.4 Å². The van der Waals surface area contributed by atoms with Gasteiger partial charge in [-0.15, -0.1) is 0 Å². The van der Waals surface area contributed by atoms with Crippen LogP contribution < -0.4 is 0 Å². The van der Waals surface area contributed by atoms with E-state index in [1.807, 2.05) is 24.3 Å². The summed E-state index contributed by atoms with van der Waals surface area (Å²) in [6, 6.07) is 14.0. The summed E-state index contributed by atoms with van der Waals surface area (Å²) in [6.07, 6.45) is 6.93. The van der Waals surface area contributed by atoms with Crippen LogP contribution >= 0.6 is 11.6 Å². The average molecular weight is 502 g/mol. The summed E-state index contributed by atoms with van der Waals surface area (Å²) in [5.41, 5.74) is 1.91. The highest BCUT2D eigenvalue weighted by Gasteiger charge is 2.33. The van der Waals surface area contributed by atoms with E-state index in [-0.39, 0.29) is 5.82 Å². The zero-order valence-electron chi connectivity index (χ0n) is 20.5. The smallest absolute Gasteiger partial charge is 0.129 e. The van der Waals surface area contributed by atoms with Crippen molar-refractivity contribution in [1.82, 2.24) is 9.80 Å². The zero-order chi connectivity index (χ0) is 24.5. The number of rotatable bonds is 10. The topological polar surface area (TPSA) is 48.3 Å². The van der Waals surface area contributed by atoms with Gasteiger partial charge in [0.1, 0.15) is 12.4 Å². The summed E-state index contributed by atoms with van der Waals surface area (Å²) >= 11 is 6.00. The first-order valence-electron chi connectivity index (χ1n) is 12.9. The molecule has 0 spiro atoms. The number of nitrogens with zero attached hydrogens (tertiary/aromatic N) is 3. The number of hydrogen-bond acceptors (Lipinski definition) is 5. The van der Waals surface area contributed by atoms with E-state index >= 15 is 0 Å². The number of aliphatic hydroxyl groups is 1. The number of piperidine rings is 2. The Balaban J connectivity index is 1.26. The molecule has 2 saturated heterocycles. The average Bonchev–Trinajstić information content (AvgIpc) is 2.88. The molecule has 2 aliphatic rings. The van der Waals surface area contributed by atoms with Gasteiger partial charge in [0, 0.05) is 24.7 Å². The van der Waals surface area contributed by atoms with Gasteiger partial charge in [-0.05, 0) is 93.6 Å². The summed E-state index contributed by atoms with van der Waals surface area (Å²) in [4.78, 5) is 10.5. The highest BCUT2D eigenvalue weighted by Crippen LogP contribution is 2.33. The van der Waals surface area contributed by atoms with E-state index in [2.05, 4.69) is 15.0 Å². The molecule has 2 aromatic rings. The quantitative estimate of drug-likeness (QED) is 0.267. The molecule has 0 aromatic heterocycles. The van der Waals surface area contributed by atoms with Gasteiger partial charge in [-0.3, -0.25) is 4.90 Å². The van der Waals surface area contributed by atoms with Crippen LogP contribution in [0.3, 0.4) is 0 Å². The number of oxime groups is 1. The second kappa shape index (κ2) is 12.8. The van der Waals surface area contributed by atoms with Gasteiger partial charge in [0.15, 0.2) is 0 Å². The van der Waals surface area contributed by atoms with Crippen molar-refractivity contribution < 1.29 is 14.3 Å². The Kier molecular flexibility index (Phi) is 9.55. The predicted octanol–water partition coefficient (Wildman–Crippen LogP) is 5.45. The van der Waals surface area contributed by atoms with Crippen LogP contribution in [0.5, 0.6) is 0 Å². The first kappa shape index (κ1) is 26.1. The van der Waals surface area contributed by atoms with Crippen LogP contribution in [0, 0.1) is 5.82 Å². The van der Waals surface area contributed by atoms with Crippen molar-refractivity contribution in [2.45, 2.75) is 50.5 Å². The normalized spacial score (nSPS) is 19.6. The summed E-state index contributed by atoms with van der Waals surface area (Å²) < 4.78 is 13.5. The third-order valence-electron chi connectivity index (χ3n) is 7.25. The van der Waals surface area contributed by atoms with Crippen LogP contribution in [0.25, 0.3) is 0 Å². The molecule has 7 heteroatoms. The van der Waals surface area contributed by atoms with Gasteiger partial charge < -0.3 is 14.8 Å². The maximum absolute atomic E-state index is 13.5. The lowest BCUT2D eigenvalue weighted by Gasteiger charge is -2.38. The highest BCUT2D eigenvalue weighted by atomic mass is 35.5. The van der Waals surface area contributed by atoms with Gasteiger partial charge in [0.2, 0.25) is 0 Å². The van der Waals surface area contributed by atoms with E-state index in [1.165, 1.54) is 31.4 Å². The van der Waals surface area contributed by atoms with Crippen molar-refractivity contribution in [3.8, 4) is 0 Å². The molecule has 0 amide bonds. The van der Waals surface area contributed by atoms with E-state index in [0.29, 0.717) is 24.5 Å². The van der Waals surface area contributed by atoms with Gasteiger partial charge in [-0.1, -0.05) is 47.4 Å². The molecule has 2 aromatic carbocycles. The van der Waals surface area contributed by atoms with E-state index in [4.69, 9.17) is 16.4 Å². The van der Waals surface area contributed by atoms with E-state index < -0.39 is 5.60 Å². The molecular weight excluding hydrogens is 465 g/mol. The summed E-state index contributed by atoms with van der Waals surface area (Å²) in [6.45, 7) is 6.35. The summed E-state index contributed by atoms with van der Waals surface area (Å²) in [5, 5.41) is 16.3. The second-order valence-corrected chi connectivity index (χ2v) is 10.2. The fraction of sp³-hybridized carbons (Fsp3) is 0.536. The van der Waals surface area contributed by atoms with Gasteiger partial charge in [-0.2, -0.15) is 0 Å². The Morgan fingerprint density at radius 1 is 0.914 bits per heavy atom. The minimum atomic E-state index is -0.788. The Labute approximate surface area is 213 Å². The molecule has 2 fully saturated rings. The minimum Gasteiger partial charge on any atom is -0.394 e. The van der Waals surface area contributed by atoms with Crippen LogP contribution in [0.1, 0.15) is 56.1 Å². The predicted molar refractivity (Wildman–Crippen MR) is 139 cm³/mol. The Bertz CT molecular complexity index is 938. The van der Waals surface area contributed by atoms with Crippen molar-refractivity contribution in [1.29, 1.82) is 0 Å². The SMILES string of the molecule is OC1(c2ccc(Cl)cc2)CCN(CCC/C(=N\OCCN2CCCCC2)c2ccc(F)cc2)CC1.